The van der Waals surface area contributed by atoms with Crippen LogP contribution in [-0.2, 0) is 6.54 Å². The highest BCUT2D eigenvalue weighted by atomic mass is 35.5. The Bertz CT molecular complexity index is 604. The molecule has 3 nitrogen and oxygen atoms in total. The fourth-order valence-corrected chi connectivity index (χ4v) is 2.42. The summed E-state index contributed by atoms with van der Waals surface area (Å²) in [6.45, 7) is 7.19. The van der Waals surface area contributed by atoms with Crippen LogP contribution >= 0.6 is 11.6 Å². The number of benzene rings is 1. The number of aromatic nitrogens is 2. The van der Waals surface area contributed by atoms with Crippen LogP contribution in [-0.4, -0.2) is 28.0 Å². The van der Waals surface area contributed by atoms with Crippen molar-refractivity contribution in [3.8, 4) is 11.3 Å². The first-order valence-electron chi connectivity index (χ1n) is 7.13. The van der Waals surface area contributed by atoms with Crippen LogP contribution in [0.15, 0.2) is 30.5 Å². The number of hydrogen-bond acceptors (Lipinski definition) is 3. The van der Waals surface area contributed by atoms with E-state index in [2.05, 4.69) is 28.7 Å². The average Bonchev–Trinajstić information content (AvgIpc) is 2.49. The van der Waals surface area contributed by atoms with Crippen molar-refractivity contribution in [2.45, 2.75) is 26.8 Å². The van der Waals surface area contributed by atoms with Gasteiger partial charge in [0.25, 0.3) is 0 Å². The molecule has 0 saturated carbocycles. The van der Waals surface area contributed by atoms with Crippen molar-refractivity contribution in [1.29, 1.82) is 0 Å². The van der Waals surface area contributed by atoms with Gasteiger partial charge in [-0.05, 0) is 42.7 Å². The van der Waals surface area contributed by atoms with E-state index in [-0.39, 0.29) is 11.0 Å². The molecule has 2 rings (SSSR count). The molecule has 5 heteroatoms. The number of hydrogen-bond donors (Lipinski definition) is 0. The Balaban J connectivity index is 2.27. The Morgan fingerprint density at radius 1 is 1.29 bits per heavy atom. The highest BCUT2D eigenvalue weighted by Gasteiger charge is 2.10. The first-order valence-corrected chi connectivity index (χ1v) is 7.51. The van der Waals surface area contributed by atoms with E-state index >= 15 is 0 Å². The summed E-state index contributed by atoms with van der Waals surface area (Å²) in [4.78, 5) is 9.98. The molecule has 2 aromatic rings. The minimum atomic E-state index is -0.461. The summed E-state index contributed by atoms with van der Waals surface area (Å²) >= 11 is 5.76. The van der Waals surface area contributed by atoms with Gasteiger partial charge in [0.15, 0.2) is 5.82 Å². The SMILES string of the molecule is CCCN(CC)Cc1cccc(-c2nc(Cl)ncc2F)c1. The van der Waals surface area contributed by atoms with Gasteiger partial charge in [0.05, 0.1) is 6.20 Å². The Hall–Kier alpha value is -1.52. The van der Waals surface area contributed by atoms with E-state index < -0.39 is 5.82 Å². The lowest BCUT2D eigenvalue weighted by Gasteiger charge is -2.19. The molecule has 0 aliphatic heterocycles. The van der Waals surface area contributed by atoms with Gasteiger partial charge >= 0.3 is 0 Å². The normalized spacial score (nSPS) is 11.1. The van der Waals surface area contributed by atoms with Crippen LogP contribution in [0, 0.1) is 5.82 Å². The predicted molar refractivity (Wildman–Crippen MR) is 83.7 cm³/mol. The first-order chi connectivity index (χ1) is 10.1. The van der Waals surface area contributed by atoms with Crippen LogP contribution in [0.25, 0.3) is 11.3 Å². The Kier molecular flexibility index (Phi) is 5.65. The third kappa shape index (κ3) is 4.22. The zero-order valence-corrected chi connectivity index (χ0v) is 13.1. The van der Waals surface area contributed by atoms with Crippen molar-refractivity contribution >= 4 is 11.6 Å². The molecule has 0 aliphatic rings. The van der Waals surface area contributed by atoms with Crippen LogP contribution in [0.1, 0.15) is 25.8 Å². The Labute approximate surface area is 129 Å². The second-order valence-electron chi connectivity index (χ2n) is 4.90. The molecule has 0 radical (unpaired) electrons. The molecule has 0 atom stereocenters. The molecule has 0 amide bonds. The maximum absolute atomic E-state index is 13.8. The fraction of sp³-hybridized carbons (Fsp3) is 0.375. The van der Waals surface area contributed by atoms with Crippen LogP contribution < -0.4 is 0 Å². The van der Waals surface area contributed by atoms with Gasteiger partial charge in [-0.1, -0.05) is 32.0 Å². The first kappa shape index (κ1) is 15.9. The minimum absolute atomic E-state index is 0.0537. The molecule has 0 spiro atoms. The third-order valence-electron chi connectivity index (χ3n) is 3.31. The molecule has 0 bridgehead atoms. The van der Waals surface area contributed by atoms with Gasteiger partial charge in [0, 0.05) is 12.1 Å². The smallest absolute Gasteiger partial charge is 0.223 e. The largest absolute Gasteiger partial charge is 0.299 e. The van der Waals surface area contributed by atoms with E-state index in [0.29, 0.717) is 0 Å². The molecule has 0 N–H and O–H groups in total. The van der Waals surface area contributed by atoms with Gasteiger partial charge in [-0.2, -0.15) is 0 Å². The summed E-state index contributed by atoms with van der Waals surface area (Å²) in [6.07, 6.45) is 2.22. The molecule has 112 valence electrons. The summed E-state index contributed by atoms with van der Waals surface area (Å²) in [5.41, 5.74) is 2.11. The lowest BCUT2D eigenvalue weighted by molar-refractivity contribution is 0.280. The van der Waals surface area contributed by atoms with E-state index in [4.69, 9.17) is 11.6 Å². The maximum atomic E-state index is 13.8. The second-order valence-corrected chi connectivity index (χ2v) is 5.24. The van der Waals surface area contributed by atoms with Crippen molar-refractivity contribution in [3.05, 3.63) is 47.1 Å². The topological polar surface area (TPSA) is 29.0 Å². The van der Waals surface area contributed by atoms with E-state index in [0.717, 1.165) is 43.4 Å². The Morgan fingerprint density at radius 2 is 2.10 bits per heavy atom. The zero-order chi connectivity index (χ0) is 15.2. The summed E-state index contributed by atoms with van der Waals surface area (Å²) in [6, 6.07) is 7.75. The van der Waals surface area contributed by atoms with Gasteiger partial charge in [-0.25, -0.2) is 14.4 Å². The van der Waals surface area contributed by atoms with Crippen LogP contribution in [0.5, 0.6) is 0 Å². The Morgan fingerprint density at radius 3 is 2.81 bits per heavy atom. The summed E-state index contributed by atoms with van der Waals surface area (Å²) in [5.74, 6) is -0.461. The van der Waals surface area contributed by atoms with E-state index in [1.807, 2.05) is 24.3 Å². The fourth-order valence-electron chi connectivity index (χ4n) is 2.29. The molecule has 21 heavy (non-hydrogen) atoms. The highest BCUT2D eigenvalue weighted by Crippen LogP contribution is 2.22. The molecule has 1 heterocycles. The van der Waals surface area contributed by atoms with E-state index in [1.165, 1.54) is 0 Å². The van der Waals surface area contributed by atoms with Crippen molar-refractivity contribution in [2.75, 3.05) is 13.1 Å². The van der Waals surface area contributed by atoms with Gasteiger partial charge < -0.3 is 0 Å². The lowest BCUT2D eigenvalue weighted by atomic mass is 10.1. The molecular weight excluding hydrogens is 289 g/mol. The minimum Gasteiger partial charge on any atom is -0.299 e. The zero-order valence-electron chi connectivity index (χ0n) is 12.3. The van der Waals surface area contributed by atoms with Crippen LogP contribution in [0.4, 0.5) is 4.39 Å². The standard InChI is InChI=1S/C16H19ClFN3/c1-3-8-21(4-2)11-12-6-5-7-13(9-12)15-14(18)10-19-16(17)20-15/h5-7,9-10H,3-4,8,11H2,1-2H3. The third-order valence-corrected chi connectivity index (χ3v) is 3.49. The molecular formula is C16H19ClFN3. The van der Waals surface area contributed by atoms with Gasteiger partial charge in [0.2, 0.25) is 5.28 Å². The van der Waals surface area contributed by atoms with Gasteiger partial charge in [-0.3, -0.25) is 4.90 Å². The maximum Gasteiger partial charge on any atom is 0.223 e. The van der Waals surface area contributed by atoms with Gasteiger partial charge in [0.1, 0.15) is 5.69 Å². The lowest BCUT2D eigenvalue weighted by Crippen LogP contribution is -2.23. The van der Waals surface area contributed by atoms with E-state index in [9.17, 15) is 4.39 Å². The molecule has 0 unspecified atom stereocenters. The van der Waals surface area contributed by atoms with E-state index in [1.54, 1.807) is 0 Å². The highest BCUT2D eigenvalue weighted by molar-refractivity contribution is 6.28. The van der Waals surface area contributed by atoms with Crippen molar-refractivity contribution in [2.24, 2.45) is 0 Å². The molecule has 0 aliphatic carbocycles. The average molecular weight is 308 g/mol. The summed E-state index contributed by atoms with van der Waals surface area (Å²) in [7, 11) is 0. The van der Waals surface area contributed by atoms with Gasteiger partial charge in [-0.15, -0.1) is 0 Å². The molecule has 0 saturated heterocycles. The monoisotopic (exact) mass is 307 g/mol. The number of halogens is 2. The second kappa shape index (κ2) is 7.48. The molecule has 1 aromatic heterocycles. The van der Waals surface area contributed by atoms with Crippen molar-refractivity contribution < 1.29 is 4.39 Å². The van der Waals surface area contributed by atoms with Crippen molar-refractivity contribution in [1.82, 2.24) is 14.9 Å². The van der Waals surface area contributed by atoms with Crippen LogP contribution in [0.2, 0.25) is 5.28 Å². The number of nitrogens with zero attached hydrogens (tertiary/aromatic N) is 3. The molecule has 0 fully saturated rings. The number of rotatable bonds is 6. The quantitative estimate of drug-likeness (QED) is 0.750. The van der Waals surface area contributed by atoms with Crippen LogP contribution in [0.3, 0.4) is 0 Å². The molecule has 1 aromatic carbocycles. The summed E-state index contributed by atoms with van der Waals surface area (Å²) < 4.78 is 13.8. The van der Waals surface area contributed by atoms with Crippen molar-refractivity contribution in [3.63, 3.8) is 0 Å². The predicted octanol–water partition coefficient (Wildman–Crippen LogP) is 4.17. The summed E-state index contributed by atoms with van der Waals surface area (Å²) in [5, 5.41) is 0.0537.